The summed E-state index contributed by atoms with van der Waals surface area (Å²) in [5, 5.41) is 3.34. The summed E-state index contributed by atoms with van der Waals surface area (Å²) in [6.07, 6.45) is 3.17. The number of hydrogen-bond acceptors (Lipinski definition) is 5. The van der Waals surface area contributed by atoms with Gasteiger partial charge in [-0.2, -0.15) is 0 Å². The predicted octanol–water partition coefficient (Wildman–Crippen LogP) is 2.09. The summed E-state index contributed by atoms with van der Waals surface area (Å²) in [5.74, 6) is 0. The van der Waals surface area contributed by atoms with Crippen LogP contribution in [0.1, 0.15) is 38.4 Å². The van der Waals surface area contributed by atoms with Gasteiger partial charge in [-0.05, 0) is 33.7 Å². The van der Waals surface area contributed by atoms with E-state index in [1.807, 2.05) is 27.0 Å². The van der Waals surface area contributed by atoms with Crippen molar-refractivity contribution in [2.45, 2.75) is 46.8 Å². The molecular weight excluding hydrogens is 242 g/mol. The fourth-order valence-corrected chi connectivity index (χ4v) is 1.53. The van der Waals surface area contributed by atoms with Crippen molar-refractivity contribution in [3.05, 3.63) is 17.5 Å². The van der Waals surface area contributed by atoms with Crippen LogP contribution in [0.25, 0.3) is 0 Å². The molecule has 0 fully saturated rings. The van der Waals surface area contributed by atoms with Crippen LogP contribution in [-0.4, -0.2) is 35.8 Å². The zero-order valence-electron chi connectivity index (χ0n) is 12.4. The number of hydrogen-bond donors (Lipinski definition) is 1. The van der Waals surface area contributed by atoms with Crippen LogP contribution in [0, 0.1) is 6.92 Å². The van der Waals surface area contributed by atoms with E-state index in [0.717, 1.165) is 30.8 Å². The van der Waals surface area contributed by atoms with Gasteiger partial charge in [-0.15, -0.1) is 0 Å². The lowest BCUT2D eigenvalue weighted by Crippen LogP contribution is -2.16. The summed E-state index contributed by atoms with van der Waals surface area (Å²) >= 11 is 0. The van der Waals surface area contributed by atoms with Crippen LogP contribution in [0.15, 0.2) is 6.20 Å². The second kappa shape index (κ2) is 8.82. The molecule has 0 atom stereocenters. The molecule has 0 amide bonds. The van der Waals surface area contributed by atoms with E-state index in [9.17, 15) is 0 Å². The summed E-state index contributed by atoms with van der Waals surface area (Å²) in [4.78, 5) is 8.55. The summed E-state index contributed by atoms with van der Waals surface area (Å²) < 4.78 is 10.8. The monoisotopic (exact) mass is 267 g/mol. The Morgan fingerprint density at radius 1 is 1.32 bits per heavy atom. The molecule has 0 spiro atoms. The molecule has 19 heavy (non-hydrogen) atoms. The molecule has 0 aromatic carbocycles. The van der Waals surface area contributed by atoms with Crippen LogP contribution in [0.4, 0.5) is 0 Å². The third kappa shape index (κ3) is 6.50. The summed E-state index contributed by atoms with van der Waals surface area (Å²) in [5.41, 5.74) is 2.07. The van der Waals surface area contributed by atoms with Gasteiger partial charge in [-0.1, -0.05) is 6.92 Å². The first-order valence-corrected chi connectivity index (χ1v) is 6.91. The van der Waals surface area contributed by atoms with E-state index in [-0.39, 0.29) is 6.10 Å². The molecule has 5 heteroatoms. The normalized spacial score (nSPS) is 11.0. The maximum atomic E-state index is 5.45. The fraction of sp³-hybridized carbons (Fsp3) is 0.714. The molecule has 0 aliphatic heterocycles. The fourth-order valence-electron chi connectivity index (χ4n) is 1.53. The van der Waals surface area contributed by atoms with Crippen LogP contribution in [0.3, 0.4) is 0 Å². The lowest BCUT2D eigenvalue weighted by Gasteiger charge is -2.10. The van der Waals surface area contributed by atoms with E-state index in [1.54, 1.807) is 0 Å². The zero-order chi connectivity index (χ0) is 14.1. The molecule has 5 nitrogen and oxygen atoms in total. The van der Waals surface area contributed by atoms with Gasteiger partial charge in [0.1, 0.15) is 6.61 Å². The molecule has 108 valence electrons. The Labute approximate surface area is 115 Å². The largest absolute Gasteiger partial charge is 0.461 e. The van der Waals surface area contributed by atoms with Crippen LogP contribution < -0.4 is 10.1 Å². The maximum Gasteiger partial charge on any atom is 0.316 e. The lowest BCUT2D eigenvalue weighted by atomic mass is 10.2. The smallest absolute Gasteiger partial charge is 0.316 e. The highest BCUT2D eigenvalue weighted by Crippen LogP contribution is 2.08. The highest BCUT2D eigenvalue weighted by atomic mass is 16.5. The number of ether oxygens (including phenoxy) is 2. The number of nitrogens with zero attached hydrogens (tertiary/aromatic N) is 2. The number of aromatic nitrogens is 2. The van der Waals surface area contributed by atoms with Crippen LogP contribution >= 0.6 is 0 Å². The van der Waals surface area contributed by atoms with E-state index in [4.69, 9.17) is 9.47 Å². The third-order valence-electron chi connectivity index (χ3n) is 2.57. The van der Waals surface area contributed by atoms with E-state index in [0.29, 0.717) is 19.2 Å². The van der Waals surface area contributed by atoms with E-state index < -0.39 is 0 Å². The van der Waals surface area contributed by atoms with Crippen LogP contribution in [0.2, 0.25) is 0 Å². The minimum atomic E-state index is 0.221. The summed E-state index contributed by atoms with van der Waals surface area (Å²) in [6, 6.07) is 0.420. The molecule has 1 aromatic heterocycles. The first kappa shape index (κ1) is 15.9. The van der Waals surface area contributed by atoms with Crippen molar-refractivity contribution >= 4 is 0 Å². The van der Waals surface area contributed by atoms with Gasteiger partial charge in [0.15, 0.2) is 0 Å². The highest BCUT2D eigenvalue weighted by Gasteiger charge is 2.04. The Morgan fingerprint density at radius 3 is 2.74 bits per heavy atom. The topological polar surface area (TPSA) is 56.3 Å². The van der Waals surface area contributed by atoms with E-state index in [2.05, 4.69) is 22.2 Å². The van der Waals surface area contributed by atoms with E-state index in [1.165, 1.54) is 0 Å². The van der Waals surface area contributed by atoms with Gasteiger partial charge in [-0.3, -0.25) is 0 Å². The Hall–Kier alpha value is -1.20. The number of aryl methyl sites for hydroxylation is 1. The minimum absolute atomic E-state index is 0.221. The Balaban J connectivity index is 2.38. The van der Waals surface area contributed by atoms with Crippen molar-refractivity contribution in [3.63, 3.8) is 0 Å². The van der Waals surface area contributed by atoms with Crippen LogP contribution in [-0.2, 0) is 11.3 Å². The Morgan fingerprint density at radius 2 is 2.11 bits per heavy atom. The molecule has 0 aliphatic carbocycles. The molecule has 0 saturated heterocycles. The molecule has 1 N–H and O–H groups in total. The van der Waals surface area contributed by atoms with Crippen molar-refractivity contribution in [2.24, 2.45) is 0 Å². The molecule has 0 radical (unpaired) electrons. The molecule has 0 saturated carbocycles. The maximum absolute atomic E-state index is 5.45. The van der Waals surface area contributed by atoms with Crippen molar-refractivity contribution < 1.29 is 9.47 Å². The van der Waals surface area contributed by atoms with Crippen LogP contribution in [0.5, 0.6) is 6.01 Å². The zero-order valence-corrected chi connectivity index (χ0v) is 12.4. The van der Waals surface area contributed by atoms with Crippen molar-refractivity contribution in [2.75, 3.05) is 19.8 Å². The Bertz CT molecular complexity index is 370. The second-order valence-electron chi connectivity index (χ2n) is 4.71. The van der Waals surface area contributed by atoms with Gasteiger partial charge >= 0.3 is 6.01 Å². The quantitative estimate of drug-likeness (QED) is 0.694. The van der Waals surface area contributed by atoms with Gasteiger partial charge in [0.25, 0.3) is 0 Å². The third-order valence-corrected chi connectivity index (χ3v) is 2.57. The van der Waals surface area contributed by atoms with E-state index >= 15 is 0 Å². The second-order valence-corrected chi connectivity index (χ2v) is 4.71. The standard InChI is InChI=1S/C14H25N3O2/c1-5-6-15-9-13-10-16-14(17-12(13)4)19-8-7-18-11(2)3/h10-11,15H,5-9H2,1-4H3. The Kier molecular flexibility index (Phi) is 7.36. The van der Waals surface area contributed by atoms with Crippen molar-refractivity contribution in [1.82, 2.24) is 15.3 Å². The molecule has 0 unspecified atom stereocenters. The molecule has 1 aromatic rings. The average molecular weight is 267 g/mol. The SMILES string of the molecule is CCCNCc1cnc(OCCOC(C)C)nc1C. The average Bonchev–Trinajstić information content (AvgIpc) is 2.37. The first-order chi connectivity index (χ1) is 9.13. The van der Waals surface area contributed by atoms with Gasteiger partial charge < -0.3 is 14.8 Å². The van der Waals surface area contributed by atoms with Crippen molar-refractivity contribution in [3.8, 4) is 6.01 Å². The first-order valence-electron chi connectivity index (χ1n) is 6.91. The van der Waals surface area contributed by atoms with Gasteiger partial charge in [0, 0.05) is 24.0 Å². The molecule has 1 rings (SSSR count). The lowest BCUT2D eigenvalue weighted by molar-refractivity contribution is 0.0530. The predicted molar refractivity (Wildman–Crippen MR) is 75.3 cm³/mol. The van der Waals surface area contributed by atoms with Gasteiger partial charge in [-0.25, -0.2) is 9.97 Å². The van der Waals surface area contributed by atoms with Gasteiger partial charge in [0.2, 0.25) is 0 Å². The number of nitrogens with one attached hydrogen (secondary N) is 1. The highest BCUT2D eigenvalue weighted by molar-refractivity contribution is 5.17. The molecule has 0 aliphatic rings. The molecular formula is C14H25N3O2. The van der Waals surface area contributed by atoms with Crippen molar-refractivity contribution in [1.29, 1.82) is 0 Å². The number of rotatable bonds is 9. The molecule has 0 bridgehead atoms. The summed E-state index contributed by atoms with van der Waals surface area (Å²) in [6.45, 7) is 11.0. The molecule has 1 heterocycles. The summed E-state index contributed by atoms with van der Waals surface area (Å²) in [7, 11) is 0. The van der Waals surface area contributed by atoms with Gasteiger partial charge in [0.05, 0.1) is 12.7 Å². The minimum Gasteiger partial charge on any atom is -0.461 e.